The molecule has 0 radical (unpaired) electrons. The van der Waals surface area contributed by atoms with Crippen molar-refractivity contribution in [2.75, 3.05) is 18.1 Å². The number of hydrogen-bond donors (Lipinski definition) is 2. The second kappa shape index (κ2) is 8.50. The van der Waals surface area contributed by atoms with Crippen molar-refractivity contribution in [1.82, 2.24) is 4.90 Å². The molecule has 2 bridgehead atoms. The smallest absolute Gasteiger partial charge is 0.310 e. The Labute approximate surface area is 200 Å². The van der Waals surface area contributed by atoms with Crippen LogP contribution in [0.25, 0.3) is 0 Å². The third-order valence-electron chi connectivity index (χ3n) is 8.09. The Hall–Kier alpha value is -2.71. The molecule has 8 heteroatoms. The maximum absolute atomic E-state index is 14.3. The van der Waals surface area contributed by atoms with Crippen molar-refractivity contribution in [2.45, 2.75) is 70.2 Å². The summed E-state index contributed by atoms with van der Waals surface area (Å²) in [6, 6.07) is 4.12. The van der Waals surface area contributed by atoms with Crippen molar-refractivity contribution in [3.63, 3.8) is 0 Å². The zero-order chi connectivity index (χ0) is 25.0. The molecule has 184 valence electrons. The van der Waals surface area contributed by atoms with Crippen molar-refractivity contribution in [3.05, 3.63) is 42.0 Å². The van der Waals surface area contributed by atoms with Gasteiger partial charge in [0.15, 0.2) is 0 Å². The molecule has 1 spiro atoms. The summed E-state index contributed by atoms with van der Waals surface area (Å²) in [7, 11) is 0. The number of hydrogen-bond acceptors (Lipinski definition) is 5. The van der Waals surface area contributed by atoms with Gasteiger partial charge in [-0.05, 0) is 57.2 Å². The van der Waals surface area contributed by atoms with Gasteiger partial charge in [-0.3, -0.25) is 14.4 Å². The lowest BCUT2D eigenvalue weighted by atomic mass is 9.65. The van der Waals surface area contributed by atoms with Gasteiger partial charge in [-0.2, -0.15) is 0 Å². The summed E-state index contributed by atoms with van der Waals surface area (Å²) in [4.78, 5) is 43.5. The number of rotatable bonds is 8. The summed E-state index contributed by atoms with van der Waals surface area (Å²) in [6.45, 7) is 11.1. The van der Waals surface area contributed by atoms with E-state index in [1.807, 2.05) is 39.0 Å². The summed E-state index contributed by atoms with van der Waals surface area (Å²) >= 11 is 0. The van der Waals surface area contributed by atoms with Crippen LogP contribution in [-0.4, -0.2) is 69.3 Å². The van der Waals surface area contributed by atoms with Crippen molar-refractivity contribution in [2.24, 2.45) is 11.8 Å². The number of aliphatic carboxylic acids is 1. The topological polar surface area (TPSA) is 107 Å². The molecule has 4 rings (SSSR count). The van der Waals surface area contributed by atoms with E-state index in [0.717, 1.165) is 11.1 Å². The molecule has 1 aromatic carbocycles. The summed E-state index contributed by atoms with van der Waals surface area (Å²) < 4.78 is 6.54. The minimum atomic E-state index is -1.24. The lowest BCUT2D eigenvalue weighted by Crippen LogP contribution is -2.58. The normalized spacial score (nSPS) is 32.6. The van der Waals surface area contributed by atoms with Crippen LogP contribution >= 0.6 is 0 Å². The molecule has 1 aromatic rings. The number of anilines is 1. The van der Waals surface area contributed by atoms with Crippen LogP contribution in [-0.2, 0) is 19.1 Å². The number of carboxylic acid groups (broad SMARTS) is 1. The van der Waals surface area contributed by atoms with E-state index in [1.54, 1.807) is 17.9 Å². The first kappa shape index (κ1) is 24.4. The molecule has 3 aliphatic rings. The number of benzene rings is 1. The number of carbonyl (C=O) groups excluding carboxylic acids is 2. The molecule has 8 nitrogen and oxygen atoms in total. The van der Waals surface area contributed by atoms with Crippen molar-refractivity contribution >= 4 is 23.5 Å². The average molecular weight is 471 g/mol. The molecule has 0 aromatic heterocycles. The number of carboxylic acids is 1. The number of aliphatic hydroxyl groups is 1. The molecule has 3 heterocycles. The van der Waals surface area contributed by atoms with Gasteiger partial charge in [0.1, 0.15) is 17.6 Å². The standard InChI is InChI=1S/C26H34N2O6/c1-6-12-27(18-13-15(3)8-9-16(18)4)23(31)21-26-11-10-25(7-2,34-26)20(24(32)33)19(26)22(30)28(21)17(5)14-29/h6,8-9,13,17,19-21,29H,1,7,10-12,14H2,2-5H3,(H,32,33)/t17-,19+,20-,21?,25+,26?/m1/s1. The first-order chi connectivity index (χ1) is 16.1. The van der Waals surface area contributed by atoms with Gasteiger partial charge in [0.2, 0.25) is 5.91 Å². The van der Waals surface area contributed by atoms with E-state index in [-0.39, 0.29) is 19.1 Å². The van der Waals surface area contributed by atoms with Crippen molar-refractivity contribution < 1.29 is 29.3 Å². The molecule has 2 unspecified atom stereocenters. The highest BCUT2D eigenvalue weighted by molar-refractivity contribution is 6.05. The van der Waals surface area contributed by atoms with Crippen LogP contribution in [0.2, 0.25) is 0 Å². The van der Waals surface area contributed by atoms with E-state index in [9.17, 15) is 24.6 Å². The molecular weight excluding hydrogens is 436 g/mol. The second-order valence-corrected chi connectivity index (χ2v) is 9.98. The molecule has 3 saturated heterocycles. The second-order valence-electron chi connectivity index (χ2n) is 9.98. The van der Waals surface area contributed by atoms with Crippen molar-refractivity contribution in [1.29, 1.82) is 0 Å². The summed E-state index contributed by atoms with van der Waals surface area (Å²) in [5, 5.41) is 20.1. The van der Waals surface area contributed by atoms with Crippen molar-refractivity contribution in [3.8, 4) is 0 Å². The molecule has 2 N–H and O–H groups in total. The monoisotopic (exact) mass is 470 g/mol. The van der Waals surface area contributed by atoms with Gasteiger partial charge in [-0.25, -0.2) is 0 Å². The summed E-state index contributed by atoms with van der Waals surface area (Å²) in [5.74, 6) is -3.85. The maximum Gasteiger partial charge on any atom is 0.310 e. The third-order valence-corrected chi connectivity index (χ3v) is 8.09. The largest absolute Gasteiger partial charge is 0.481 e. The van der Waals surface area contributed by atoms with E-state index < -0.39 is 47.0 Å². The molecule has 0 aliphatic carbocycles. The van der Waals surface area contributed by atoms with Crippen LogP contribution < -0.4 is 4.90 Å². The van der Waals surface area contributed by atoms with Gasteiger partial charge in [-0.1, -0.05) is 25.1 Å². The SMILES string of the molecule is C=CCN(C(=O)C1N([C@H](C)CO)C(=O)[C@@H]2[C@H](C(=O)O)[C@]3(CC)CCC12O3)c1cc(C)ccc1C. The van der Waals surface area contributed by atoms with Crippen LogP contribution in [0.3, 0.4) is 0 Å². The van der Waals surface area contributed by atoms with Gasteiger partial charge in [-0.15, -0.1) is 6.58 Å². The van der Waals surface area contributed by atoms with Gasteiger partial charge in [0, 0.05) is 12.2 Å². The molecule has 34 heavy (non-hydrogen) atoms. The quantitative estimate of drug-likeness (QED) is 0.565. The fourth-order valence-corrected chi connectivity index (χ4v) is 6.47. The molecule has 3 fully saturated rings. The van der Waals surface area contributed by atoms with Gasteiger partial charge < -0.3 is 24.7 Å². The highest BCUT2D eigenvalue weighted by Gasteiger charge is 2.79. The molecule has 2 amide bonds. The number of amides is 2. The first-order valence-corrected chi connectivity index (χ1v) is 11.9. The highest BCUT2D eigenvalue weighted by Crippen LogP contribution is 2.64. The van der Waals surface area contributed by atoms with Gasteiger partial charge >= 0.3 is 5.97 Å². The molecule has 0 saturated carbocycles. The lowest BCUT2D eigenvalue weighted by molar-refractivity contribution is -0.157. The summed E-state index contributed by atoms with van der Waals surface area (Å²) in [5.41, 5.74) is 0.373. The number of carbonyl (C=O) groups is 3. The number of fused-ring (bicyclic) bond motifs is 1. The minimum Gasteiger partial charge on any atom is -0.481 e. The number of aryl methyl sites for hydroxylation is 2. The fourth-order valence-electron chi connectivity index (χ4n) is 6.47. The Morgan fingerprint density at radius 1 is 1.35 bits per heavy atom. The lowest BCUT2D eigenvalue weighted by Gasteiger charge is -2.39. The minimum absolute atomic E-state index is 0.219. The van der Waals surface area contributed by atoms with Crippen LogP contribution in [0.4, 0.5) is 5.69 Å². The number of ether oxygens (including phenoxy) is 1. The maximum atomic E-state index is 14.3. The molecular formula is C26H34N2O6. The highest BCUT2D eigenvalue weighted by atomic mass is 16.5. The van der Waals surface area contributed by atoms with Gasteiger partial charge in [0.25, 0.3) is 5.91 Å². The fraction of sp³-hybridized carbons (Fsp3) is 0.577. The van der Waals surface area contributed by atoms with E-state index in [2.05, 4.69) is 6.58 Å². The number of nitrogens with zero attached hydrogens (tertiary/aromatic N) is 2. The van der Waals surface area contributed by atoms with E-state index in [0.29, 0.717) is 24.9 Å². The third kappa shape index (κ3) is 3.22. The zero-order valence-corrected chi connectivity index (χ0v) is 20.3. The van der Waals surface area contributed by atoms with Gasteiger partial charge in [0.05, 0.1) is 24.2 Å². The van der Waals surface area contributed by atoms with E-state index in [1.165, 1.54) is 4.90 Å². The van der Waals surface area contributed by atoms with Crippen LogP contribution in [0.5, 0.6) is 0 Å². The molecule has 3 aliphatic heterocycles. The Kier molecular flexibility index (Phi) is 6.10. The first-order valence-electron chi connectivity index (χ1n) is 11.9. The summed E-state index contributed by atoms with van der Waals surface area (Å²) in [6.07, 6.45) is 2.96. The Bertz CT molecular complexity index is 1040. The molecule has 6 atom stereocenters. The van der Waals surface area contributed by atoms with Crippen LogP contribution in [0, 0.1) is 25.7 Å². The average Bonchev–Trinajstić information content (AvgIpc) is 3.42. The zero-order valence-electron chi connectivity index (χ0n) is 20.3. The Morgan fingerprint density at radius 2 is 2.06 bits per heavy atom. The predicted octanol–water partition coefficient (Wildman–Crippen LogP) is 2.44. The number of likely N-dealkylation sites (tertiary alicyclic amines) is 1. The Morgan fingerprint density at radius 3 is 2.65 bits per heavy atom. The number of aliphatic hydroxyl groups excluding tert-OH is 1. The predicted molar refractivity (Wildman–Crippen MR) is 126 cm³/mol. The van der Waals surface area contributed by atoms with E-state index >= 15 is 0 Å². The van der Waals surface area contributed by atoms with Crippen LogP contribution in [0.15, 0.2) is 30.9 Å². The van der Waals surface area contributed by atoms with Crippen LogP contribution in [0.1, 0.15) is 44.2 Å². The van der Waals surface area contributed by atoms with E-state index in [4.69, 9.17) is 4.74 Å². The Balaban J connectivity index is 1.88.